The first-order valence-corrected chi connectivity index (χ1v) is 4.80. The van der Waals surface area contributed by atoms with Crippen LogP contribution in [0.5, 0.6) is 0 Å². The average molecular weight is 184 g/mol. The summed E-state index contributed by atoms with van der Waals surface area (Å²) in [6, 6.07) is 0. The van der Waals surface area contributed by atoms with Gasteiger partial charge in [0.1, 0.15) is 5.60 Å². The molecule has 1 saturated heterocycles. The Labute approximate surface area is 77.9 Å². The summed E-state index contributed by atoms with van der Waals surface area (Å²) in [5, 5.41) is 12.7. The number of rotatable bonds is 3. The molecule has 1 aliphatic heterocycles. The normalized spacial score (nSPS) is 25.5. The SMILES string of the molecule is CNCC(=O)N1CC(O)(C2CC2)C1. The molecule has 1 heterocycles. The van der Waals surface area contributed by atoms with Gasteiger partial charge in [-0.2, -0.15) is 0 Å². The summed E-state index contributed by atoms with van der Waals surface area (Å²) >= 11 is 0. The molecule has 2 fully saturated rings. The van der Waals surface area contributed by atoms with Gasteiger partial charge in [0.25, 0.3) is 0 Å². The quantitative estimate of drug-likeness (QED) is 0.603. The predicted octanol–water partition coefficient (Wildman–Crippen LogP) is -0.811. The smallest absolute Gasteiger partial charge is 0.236 e. The second-order valence-corrected chi connectivity index (χ2v) is 4.16. The Hall–Kier alpha value is -0.610. The highest BCUT2D eigenvalue weighted by Gasteiger charge is 2.52. The van der Waals surface area contributed by atoms with Crippen molar-refractivity contribution in [2.75, 3.05) is 26.7 Å². The Morgan fingerprint density at radius 3 is 2.69 bits per heavy atom. The lowest BCUT2D eigenvalue weighted by Gasteiger charge is -2.47. The van der Waals surface area contributed by atoms with Crippen molar-refractivity contribution in [2.45, 2.75) is 18.4 Å². The number of likely N-dealkylation sites (tertiary alicyclic amines) is 1. The average Bonchev–Trinajstić information content (AvgIpc) is 2.81. The standard InChI is InChI=1S/C9H16N2O2/c1-10-4-8(12)11-5-9(13,6-11)7-2-3-7/h7,10,13H,2-6H2,1H3. The van der Waals surface area contributed by atoms with E-state index in [-0.39, 0.29) is 5.91 Å². The molecule has 1 saturated carbocycles. The van der Waals surface area contributed by atoms with E-state index in [1.165, 1.54) is 0 Å². The molecule has 74 valence electrons. The second-order valence-electron chi connectivity index (χ2n) is 4.16. The van der Waals surface area contributed by atoms with E-state index in [4.69, 9.17) is 0 Å². The van der Waals surface area contributed by atoms with Crippen LogP contribution in [0.4, 0.5) is 0 Å². The van der Waals surface area contributed by atoms with Crippen molar-refractivity contribution in [1.29, 1.82) is 0 Å². The van der Waals surface area contributed by atoms with E-state index in [0.717, 1.165) is 12.8 Å². The van der Waals surface area contributed by atoms with Crippen LogP contribution in [0.2, 0.25) is 0 Å². The molecule has 4 heteroatoms. The topological polar surface area (TPSA) is 52.6 Å². The highest BCUT2D eigenvalue weighted by atomic mass is 16.3. The number of carbonyl (C=O) groups is 1. The molecule has 0 aromatic rings. The maximum absolute atomic E-state index is 11.3. The predicted molar refractivity (Wildman–Crippen MR) is 48.2 cm³/mol. The highest BCUT2D eigenvalue weighted by Crippen LogP contribution is 2.44. The lowest BCUT2D eigenvalue weighted by molar-refractivity contribution is -0.158. The monoisotopic (exact) mass is 184 g/mol. The van der Waals surface area contributed by atoms with Crippen molar-refractivity contribution in [1.82, 2.24) is 10.2 Å². The largest absolute Gasteiger partial charge is 0.386 e. The molecular weight excluding hydrogens is 168 g/mol. The molecule has 1 amide bonds. The van der Waals surface area contributed by atoms with Gasteiger partial charge in [0.2, 0.25) is 5.91 Å². The summed E-state index contributed by atoms with van der Waals surface area (Å²) in [6.45, 7) is 1.46. The minimum atomic E-state index is -0.538. The third kappa shape index (κ3) is 1.56. The molecule has 2 aliphatic rings. The van der Waals surface area contributed by atoms with Gasteiger partial charge < -0.3 is 15.3 Å². The van der Waals surface area contributed by atoms with E-state index >= 15 is 0 Å². The fourth-order valence-electron chi connectivity index (χ4n) is 1.93. The third-order valence-corrected chi connectivity index (χ3v) is 2.95. The lowest BCUT2D eigenvalue weighted by atomic mass is 9.89. The van der Waals surface area contributed by atoms with E-state index in [2.05, 4.69) is 5.32 Å². The summed E-state index contributed by atoms with van der Waals surface area (Å²) in [4.78, 5) is 13.0. The summed E-state index contributed by atoms with van der Waals surface area (Å²) in [5.41, 5.74) is -0.538. The molecule has 0 unspecified atom stereocenters. The highest BCUT2D eigenvalue weighted by molar-refractivity contribution is 5.79. The van der Waals surface area contributed by atoms with Gasteiger partial charge >= 0.3 is 0 Å². The number of likely N-dealkylation sites (N-methyl/N-ethyl adjacent to an activating group) is 1. The Bertz CT molecular complexity index is 220. The minimum Gasteiger partial charge on any atom is -0.386 e. The lowest BCUT2D eigenvalue weighted by Crippen LogP contribution is -2.65. The van der Waals surface area contributed by atoms with Crippen LogP contribution in [0.1, 0.15) is 12.8 Å². The van der Waals surface area contributed by atoms with E-state index < -0.39 is 5.60 Å². The van der Waals surface area contributed by atoms with Gasteiger partial charge in [-0.25, -0.2) is 0 Å². The molecule has 0 aromatic heterocycles. The molecular formula is C9H16N2O2. The van der Waals surface area contributed by atoms with Gasteiger partial charge in [-0.05, 0) is 25.8 Å². The number of aliphatic hydroxyl groups is 1. The van der Waals surface area contributed by atoms with E-state index in [1.54, 1.807) is 11.9 Å². The van der Waals surface area contributed by atoms with Gasteiger partial charge in [0.15, 0.2) is 0 Å². The Morgan fingerprint density at radius 2 is 2.23 bits per heavy atom. The molecule has 0 spiro atoms. The zero-order chi connectivity index (χ0) is 9.47. The number of β-amino-alcohol motifs (C(OH)–C–C–N with tert-alkyl or cyclic N) is 1. The van der Waals surface area contributed by atoms with Gasteiger partial charge in [-0.3, -0.25) is 4.79 Å². The molecule has 0 radical (unpaired) electrons. The summed E-state index contributed by atoms with van der Waals surface area (Å²) in [5.74, 6) is 0.555. The van der Waals surface area contributed by atoms with Crippen molar-refractivity contribution in [2.24, 2.45) is 5.92 Å². The van der Waals surface area contributed by atoms with Crippen molar-refractivity contribution in [3.8, 4) is 0 Å². The first kappa shape index (κ1) is 8.97. The summed E-state index contributed by atoms with van der Waals surface area (Å²) in [6.07, 6.45) is 2.26. The first-order valence-electron chi connectivity index (χ1n) is 4.80. The van der Waals surface area contributed by atoms with Gasteiger partial charge in [0, 0.05) is 0 Å². The molecule has 0 aromatic carbocycles. The van der Waals surface area contributed by atoms with E-state index in [1.807, 2.05) is 0 Å². The summed E-state index contributed by atoms with van der Waals surface area (Å²) < 4.78 is 0. The van der Waals surface area contributed by atoms with Crippen LogP contribution in [-0.2, 0) is 4.79 Å². The molecule has 2 N–H and O–H groups in total. The zero-order valence-electron chi connectivity index (χ0n) is 7.92. The number of amides is 1. The Kier molecular flexibility index (Phi) is 2.04. The Balaban J connectivity index is 1.79. The second kappa shape index (κ2) is 2.96. The fraction of sp³-hybridized carbons (Fsp3) is 0.889. The van der Waals surface area contributed by atoms with Crippen molar-refractivity contribution < 1.29 is 9.90 Å². The third-order valence-electron chi connectivity index (χ3n) is 2.95. The Morgan fingerprint density at radius 1 is 1.62 bits per heavy atom. The molecule has 13 heavy (non-hydrogen) atoms. The van der Waals surface area contributed by atoms with Crippen molar-refractivity contribution >= 4 is 5.91 Å². The van der Waals surface area contributed by atoms with Crippen LogP contribution in [0, 0.1) is 5.92 Å². The van der Waals surface area contributed by atoms with Crippen LogP contribution < -0.4 is 5.32 Å². The fourth-order valence-corrected chi connectivity index (χ4v) is 1.93. The van der Waals surface area contributed by atoms with Crippen LogP contribution in [0.3, 0.4) is 0 Å². The van der Waals surface area contributed by atoms with Crippen molar-refractivity contribution in [3.63, 3.8) is 0 Å². The van der Waals surface area contributed by atoms with Crippen molar-refractivity contribution in [3.05, 3.63) is 0 Å². The zero-order valence-corrected chi connectivity index (χ0v) is 7.92. The van der Waals surface area contributed by atoms with Crippen LogP contribution >= 0.6 is 0 Å². The van der Waals surface area contributed by atoms with Gasteiger partial charge in [-0.1, -0.05) is 0 Å². The number of carbonyl (C=O) groups excluding carboxylic acids is 1. The molecule has 0 bridgehead atoms. The molecule has 2 rings (SSSR count). The maximum atomic E-state index is 11.3. The number of nitrogens with zero attached hydrogens (tertiary/aromatic N) is 1. The number of hydrogen-bond donors (Lipinski definition) is 2. The van der Waals surface area contributed by atoms with Crippen LogP contribution in [-0.4, -0.2) is 48.2 Å². The molecule has 1 aliphatic carbocycles. The van der Waals surface area contributed by atoms with E-state index in [9.17, 15) is 9.90 Å². The first-order chi connectivity index (χ1) is 6.15. The van der Waals surface area contributed by atoms with Gasteiger partial charge in [0.05, 0.1) is 19.6 Å². The number of nitrogens with one attached hydrogen (secondary N) is 1. The molecule has 0 atom stereocenters. The molecule has 4 nitrogen and oxygen atoms in total. The number of hydrogen-bond acceptors (Lipinski definition) is 3. The summed E-state index contributed by atoms with van der Waals surface area (Å²) in [7, 11) is 1.75. The van der Waals surface area contributed by atoms with Gasteiger partial charge in [-0.15, -0.1) is 0 Å². The maximum Gasteiger partial charge on any atom is 0.236 e. The van der Waals surface area contributed by atoms with Crippen LogP contribution in [0.25, 0.3) is 0 Å². The van der Waals surface area contributed by atoms with E-state index in [0.29, 0.717) is 25.6 Å². The minimum absolute atomic E-state index is 0.0906. The van der Waals surface area contributed by atoms with Crippen LogP contribution in [0.15, 0.2) is 0 Å².